The molecule has 0 amide bonds. The summed E-state index contributed by atoms with van der Waals surface area (Å²) in [5, 5.41) is 20.5. The molecule has 0 aromatic heterocycles. The number of carboxylic acid groups (broad SMARTS) is 2. The van der Waals surface area contributed by atoms with Gasteiger partial charge in [-0.25, -0.2) is 0 Å². The summed E-state index contributed by atoms with van der Waals surface area (Å²) in [4.78, 5) is 35.7. The summed E-state index contributed by atoms with van der Waals surface area (Å²) >= 11 is 1.23. The molecule has 0 aliphatic carbocycles. The summed E-state index contributed by atoms with van der Waals surface area (Å²) in [6, 6.07) is -1.50. The lowest BCUT2D eigenvalue weighted by Crippen LogP contribution is -2.44. The Morgan fingerprint density at radius 1 is 1.24 bits per heavy atom. The van der Waals surface area contributed by atoms with Crippen molar-refractivity contribution >= 4 is 32.0 Å². The van der Waals surface area contributed by atoms with E-state index in [1.807, 2.05) is 13.8 Å². The first-order valence-electron chi connectivity index (χ1n) is 6.08. The Hall–Kier alpha value is -0.640. The lowest BCUT2D eigenvalue weighted by molar-refractivity contribution is -0.139. The third-order valence-electron chi connectivity index (χ3n) is 2.30. The van der Waals surface area contributed by atoms with Crippen LogP contribution in [0.1, 0.15) is 20.3 Å². The van der Waals surface area contributed by atoms with Gasteiger partial charge in [0.2, 0.25) is 0 Å². The molecule has 0 aromatic carbocycles. The summed E-state index contributed by atoms with van der Waals surface area (Å²) < 4.78 is 8.74. The molecule has 0 aromatic rings. The van der Waals surface area contributed by atoms with Crippen LogP contribution in [-0.2, 0) is 14.2 Å². The third-order valence-corrected chi connectivity index (χ3v) is 3.46. The monoisotopic (exact) mass is 346 g/mol. The average Bonchev–Trinajstić information content (AvgIpc) is 2.35. The van der Waals surface area contributed by atoms with Gasteiger partial charge in [0.25, 0.3) is 0 Å². The van der Waals surface area contributed by atoms with Gasteiger partial charge in [0.05, 0.1) is 0 Å². The van der Waals surface area contributed by atoms with E-state index in [4.69, 9.17) is 30.3 Å². The highest BCUT2D eigenvalue weighted by Crippen LogP contribution is 2.06. The van der Waals surface area contributed by atoms with Crippen molar-refractivity contribution in [3.63, 3.8) is 0 Å². The summed E-state index contributed by atoms with van der Waals surface area (Å²) in [6.45, 7) is 3.87. The molecule has 0 aliphatic heterocycles. The average molecular weight is 346 g/mol. The zero-order valence-corrected chi connectivity index (χ0v) is 13.7. The van der Waals surface area contributed by atoms with Crippen molar-refractivity contribution in [2.45, 2.75) is 38.4 Å². The quantitative estimate of drug-likeness (QED) is 0.294. The Kier molecular flexibility index (Phi) is 14.1. The normalized spacial score (nSPS) is 14.8. The number of hydrogen-bond acceptors (Lipinski definition) is 6. The van der Waals surface area contributed by atoms with Crippen LogP contribution < -0.4 is 11.1 Å². The van der Waals surface area contributed by atoms with Crippen LogP contribution in [0.25, 0.3) is 0 Å². The van der Waals surface area contributed by atoms with Crippen LogP contribution in [0.2, 0.25) is 0 Å². The number of hydrogen-bond donors (Lipinski definition) is 6. The molecule has 126 valence electrons. The lowest BCUT2D eigenvalue weighted by atomic mass is 10.2. The number of thioether (sulfide) groups is 1. The van der Waals surface area contributed by atoms with Crippen molar-refractivity contribution in [3.8, 4) is 0 Å². The van der Waals surface area contributed by atoms with Crippen molar-refractivity contribution in [3.05, 3.63) is 0 Å². The molecular formula is C10H23N2O7PS. The maximum absolute atomic E-state index is 10.9. The molecule has 7 N–H and O–H groups in total. The van der Waals surface area contributed by atoms with Gasteiger partial charge in [0.15, 0.2) is 0 Å². The van der Waals surface area contributed by atoms with Crippen LogP contribution in [0.3, 0.4) is 0 Å². The van der Waals surface area contributed by atoms with Crippen LogP contribution in [-0.4, -0.2) is 61.6 Å². The number of aliphatic carboxylic acids is 2. The largest absolute Gasteiger partial charge is 0.480 e. The number of nitrogens with two attached hydrogens (primary N) is 1. The summed E-state index contributed by atoms with van der Waals surface area (Å²) in [5.41, 5.74) is 5.32. The van der Waals surface area contributed by atoms with Crippen molar-refractivity contribution in [2.75, 3.05) is 11.5 Å². The smallest absolute Gasteiger partial charge is 0.321 e. The zero-order chi connectivity index (χ0) is 17.0. The van der Waals surface area contributed by atoms with E-state index in [0.29, 0.717) is 5.75 Å². The minimum atomic E-state index is -3.13. The molecule has 0 spiro atoms. The number of nitrogens with one attached hydrogen (secondary N) is 1. The lowest BCUT2D eigenvalue weighted by Gasteiger charge is -2.19. The molecule has 1 unspecified atom stereocenters. The Labute approximate surface area is 127 Å². The molecule has 21 heavy (non-hydrogen) atoms. The van der Waals surface area contributed by atoms with Gasteiger partial charge in [-0.2, -0.15) is 11.8 Å². The third kappa shape index (κ3) is 15.6. The second-order valence-corrected chi connectivity index (χ2v) is 5.77. The van der Waals surface area contributed by atoms with E-state index in [2.05, 4.69) is 5.32 Å². The van der Waals surface area contributed by atoms with E-state index >= 15 is 0 Å². The molecule has 0 fully saturated rings. The van der Waals surface area contributed by atoms with Crippen LogP contribution in [0.4, 0.5) is 0 Å². The second-order valence-electron chi connectivity index (χ2n) is 4.13. The molecule has 0 heterocycles. The molecule has 9 nitrogen and oxygen atoms in total. The Balaban J connectivity index is 0. The highest BCUT2D eigenvalue weighted by Gasteiger charge is 2.20. The highest BCUT2D eigenvalue weighted by molar-refractivity contribution is 7.99. The van der Waals surface area contributed by atoms with Crippen molar-refractivity contribution in [1.29, 1.82) is 0 Å². The van der Waals surface area contributed by atoms with Gasteiger partial charge in [-0.3, -0.25) is 14.2 Å². The topological polar surface area (TPSA) is 170 Å². The maximum Gasteiger partial charge on any atom is 0.321 e. The molecule has 11 heteroatoms. The van der Waals surface area contributed by atoms with E-state index in [1.54, 1.807) is 0 Å². The first-order valence-corrected chi connectivity index (χ1v) is 8.54. The fraction of sp³-hybridized carbons (Fsp3) is 0.800. The van der Waals surface area contributed by atoms with Gasteiger partial charge in [-0.15, -0.1) is 0 Å². The summed E-state index contributed by atoms with van der Waals surface area (Å²) in [5.74, 6) is -1.48. The van der Waals surface area contributed by atoms with E-state index in [1.165, 1.54) is 11.8 Å². The van der Waals surface area contributed by atoms with Crippen LogP contribution in [0.15, 0.2) is 0 Å². The van der Waals surface area contributed by atoms with Crippen LogP contribution in [0, 0.1) is 0 Å². The first-order chi connectivity index (χ1) is 9.61. The van der Waals surface area contributed by atoms with Crippen LogP contribution >= 0.6 is 20.0 Å². The SMILES string of the molecule is CCC(C)N[C@@H](CSC[C@H](N)C(=O)O)C(=O)O.O=[PH](O)O. The highest BCUT2D eigenvalue weighted by atomic mass is 32.2. The van der Waals surface area contributed by atoms with Gasteiger partial charge < -0.3 is 31.1 Å². The van der Waals surface area contributed by atoms with Gasteiger partial charge in [-0.05, 0) is 13.3 Å². The summed E-state index contributed by atoms with van der Waals surface area (Å²) in [6.07, 6.45) is 0.836. The molecular weight excluding hydrogens is 323 g/mol. The zero-order valence-electron chi connectivity index (χ0n) is 11.9. The van der Waals surface area contributed by atoms with Crippen molar-refractivity contribution in [2.24, 2.45) is 5.73 Å². The van der Waals surface area contributed by atoms with Gasteiger partial charge in [0, 0.05) is 17.5 Å². The molecule has 0 saturated heterocycles. The Morgan fingerprint density at radius 3 is 2.05 bits per heavy atom. The molecule has 0 aliphatic rings. The van der Waals surface area contributed by atoms with E-state index in [9.17, 15) is 9.59 Å². The number of rotatable bonds is 9. The Morgan fingerprint density at radius 2 is 1.71 bits per heavy atom. The van der Waals surface area contributed by atoms with E-state index in [0.717, 1.165) is 6.42 Å². The Bertz CT molecular complexity index is 341. The fourth-order valence-corrected chi connectivity index (χ4v) is 2.04. The predicted molar refractivity (Wildman–Crippen MR) is 80.7 cm³/mol. The standard InChI is InChI=1S/C10H20N2O4S.H3O3P/c1-3-6(2)12-8(10(15)16)5-17-4-7(11)9(13)14;1-4(2)3/h6-8,12H,3-5,11H2,1-2H3,(H,13,14)(H,15,16);4H,(H2,1,2,3)/t6?,7-,8-;/m0./s1. The van der Waals surface area contributed by atoms with E-state index in [-0.39, 0.29) is 11.8 Å². The number of carbonyl (C=O) groups is 2. The molecule has 3 atom stereocenters. The first kappa shape index (κ1) is 22.6. The molecule has 0 radical (unpaired) electrons. The van der Waals surface area contributed by atoms with Gasteiger partial charge in [0.1, 0.15) is 12.1 Å². The maximum atomic E-state index is 10.9. The van der Waals surface area contributed by atoms with E-state index < -0.39 is 32.3 Å². The van der Waals surface area contributed by atoms with Crippen molar-refractivity contribution in [1.82, 2.24) is 5.32 Å². The molecule has 0 bridgehead atoms. The molecule has 0 rings (SSSR count). The minimum Gasteiger partial charge on any atom is -0.480 e. The predicted octanol–water partition coefficient (Wildman–Crippen LogP) is -0.666. The summed E-state index contributed by atoms with van der Waals surface area (Å²) in [7, 11) is -3.13. The second kappa shape index (κ2) is 13.1. The fourth-order valence-electron chi connectivity index (χ4n) is 1.04. The molecule has 0 saturated carbocycles. The minimum absolute atomic E-state index is 0.116. The van der Waals surface area contributed by atoms with Gasteiger partial charge in [-0.1, -0.05) is 6.92 Å². The van der Waals surface area contributed by atoms with Gasteiger partial charge >= 0.3 is 20.2 Å². The number of carboxylic acids is 2. The van der Waals surface area contributed by atoms with Crippen LogP contribution in [0.5, 0.6) is 0 Å². The van der Waals surface area contributed by atoms with Crippen molar-refractivity contribution < 1.29 is 34.2 Å².